The highest BCUT2D eigenvalue weighted by Gasteiger charge is 2.58. The highest BCUT2D eigenvalue weighted by molar-refractivity contribution is 6.08. The lowest BCUT2D eigenvalue weighted by Crippen LogP contribution is -2.61. The minimum Gasteiger partial charge on any atom is -0.464 e. The molecule has 0 aromatic heterocycles. The number of allylic oxidation sites excluding steroid dienone is 1. The molecule has 0 aliphatic carbocycles. The van der Waals surface area contributed by atoms with Gasteiger partial charge in [-0.3, -0.25) is 0 Å². The number of hydrogen-bond acceptors (Lipinski definition) is 9. The number of esters is 3. The third-order valence-electron chi connectivity index (χ3n) is 5.41. The number of halogens is 1. The SMILES string of the molecule is CCOC(=O)C(OCCC/C=C/c1ccc(Oc2ccc(F)c(C)c2)cc1)C(O)(C(=O)OCC)C(=O)OCC. The maximum Gasteiger partial charge on any atom is 0.353 e. The van der Waals surface area contributed by atoms with Crippen molar-refractivity contribution < 1.29 is 47.6 Å². The van der Waals surface area contributed by atoms with E-state index in [-0.39, 0.29) is 32.2 Å². The van der Waals surface area contributed by atoms with E-state index in [9.17, 15) is 23.9 Å². The predicted molar refractivity (Wildman–Crippen MR) is 141 cm³/mol. The number of ether oxygens (including phenoxy) is 5. The van der Waals surface area contributed by atoms with Crippen LogP contribution in [0, 0.1) is 12.7 Å². The van der Waals surface area contributed by atoms with Crippen molar-refractivity contribution in [2.24, 2.45) is 0 Å². The minimum atomic E-state index is -3.01. The summed E-state index contributed by atoms with van der Waals surface area (Å²) in [5, 5.41) is 10.9. The van der Waals surface area contributed by atoms with Gasteiger partial charge in [0.15, 0.2) is 0 Å². The number of aryl methyl sites for hydroxylation is 1. The van der Waals surface area contributed by atoms with Gasteiger partial charge in [-0.1, -0.05) is 24.3 Å². The monoisotopic (exact) mass is 546 g/mol. The molecule has 10 heteroatoms. The number of carbonyl (C=O) groups is 3. The van der Waals surface area contributed by atoms with E-state index in [2.05, 4.69) is 0 Å². The summed E-state index contributed by atoms with van der Waals surface area (Å²) in [6.07, 6.45) is 2.73. The van der Waals surface area contributed by atoms with E-state index >= 15 is 0 Å². The molecule has 0 amide bonds. The van der Waals surface area contributed by atoms with Gasteiger partial charge in [0.2, 0.25) is 6.10 Å². The van der Waals surface area contributed by atoms with Crippen LogP contribution in [0.15, 0.2) is 48.5 Å². The number of aliphatic hydroxyl groups is 1. The standard InChI is InChI=1S/C29H35FO9/c1-5-35-26(31)25(29(34,27(32)36-6-2)28(33)37-7-3)38-18-10-8-9-11-21-12-14-22(15-13-21)39-23-16-17-24(30)20(4)19-23/h9,11-17,19,25,34H,5-8,10,18H2,1-4H3/b11-9+. The number of benzene rings is 2. The van der Waals surface area contributed by atoms with Gasteiger partial charge < -0.3 is 28.8 Å². The molecule has 0 radical (unpaired) electrons. The predicted octanol–water partition coefficient (Wildman–Crippen LogP) is 4.53. The van der Waals surface area contributed by atoms with Crippen molar-refractivity contribution in [1.29, 1.82) is 0 Å². The molecule has 0 aliphatic rings. The first-order valence-electron chi connectivity index (χ1n) is 12.7. The zero-order chi connectivity index (χ0) is 28.8. The van der Waals surface area contributed by atoms with Gasteiger partial charge >= 0.3 is 17.9 Å². The van der Waals surface area contributed by atoms with Crippen molar-refractivity contribution in [3.8, 4) is 11.5 Å². The topological polar surface area (TPSA) is 118 Å². The van der Waals surface area contributed by atoms with Gasteiger partial charge in [0.1, 0.15) is 17.3 Å². The van der Waals surface area contributed by atoms with E-state index in [0.29, 0.717) is 29.9 Å². The Balaban J connectivity index is 1.97. The van der Waals surface area contributed by atoms with Crippen LogP contribution in [0.4, 0.5) is 4.39 Å². The summed E-state index contributed by atoms with van der Waals surface area (Å²) in [5.74, 6) is -2.96. The molecule has 0 bridgehead atoms. The van der Waals surface area contributed by atoms with Crippen molar-refractivity contribution in [2.75, 3.05) is 26.4 Å². The highest BCUT2D eigenvalue weighted by atomic mass is 19.1. The minimum absolute atomic E-state index is 0.0590. The Hall–Kier alpha value is -3.76. The normalized spacial score (nSPS) is 12.2. The Labute approximate surface area is 227 Å². The fourth-order valence-electron chi connectivity index (χ4n) is 3.44. The second-order valence-electron chi connectivity index (χ2n) is 8.34. The van der Waals surface area contributed by atoms with E-state index in [1.54, 1.807) is 31.2 Å². The van der Waals surface area contributed by atoms with Crippen LogP contribution in [0.1, 0.15) is 44.7 Å². The first kappa shape index (κ1) is 31.5. The fourth-order valence-corrected chi connectivity index (χ4v) is 3.44. The molecule has 1 unspecified atom stereocenters. The molecule has 2 rings (SSSR count). The van der Waals surface area contributed by atoms with Crippen LogP contribution < -0.4 is 4.74 Å². The van der Waals surface area contributed by atoms with Gasteiger partial charge in [-0.15, -0.1) is 0 Å². The third kappa shape index (κ3) is 8.90. The summed E-state index contributed by atoms with van der Waals surface area (Å²) < 4.78 is 39.2. The summed E-state index contributed by atoms with van der Waals surface area (Å²) in [4.78, 5) is 37.5. The van der Waals surface area contributed by atoms with Gasteiger partial charge in [-0.05, 0) is 82.0 Å². The van der Waals surface area contributed by atoms with E-state index < -0.39 is 29.6 Å². The number of unbranched alkanes of at least 4 members (excludes halogenated alkanes) is 1. The second kappa shape index (κ2) is 15.6. The molecule has 2 aromatic carbocycles. The van der Waals surface area contributed by atoms with Crippen LogP contribution in [-0.4, -0.2) is 61.1 Å². The highest BCUT2D eigenvalue weighted by Crippen LogP contribution is 2.24. The van der Waals surface area contributed by atoms with Gasteiger partial charge in [-0.2, -0.15) is 0 Å². The average molecular weight is 547 g/mol. The van der Waals surface area contributed by atoms with Crippen molar-refractivity contribution in [2.45, 2.75) is 52.2 Å². The maximum atomic E-state index is 13.4. The molecule has 9 nitrogen and oxygen atoms in total. The van der Waals surface area contributed by atoms with Gasteiger partial charge in [0.25, 0.3) is 5.60 Å². The maximum absolute atomic E-state index is 13.4. The molecule has 0 spiro atoms. The Morgan fingerprint density at radius 2 is 1.51 bits per heavy atom. The Kier molecular flexibility index (Phi) is 12.6. The quantitative estimate of drug-likeness (QED) is 0.149. The molecule has 0 saturated carbocycles. The molecular formula is C29H35FO9. The molecule has 0 heterocycles. The van der Waals surface area contributed by atoms with Crippen molar-refractivity contribution in [3.05, 3.63) is 65.5 Å². The molecule has 0 aliphatic heterocycles. The smallest absolute Gasteiger partial charge is 0.353 e. The fraction of sp³-hybridized carbons (Fsp3) is 0.414. The molecule has 39 heavy (non-hydrogen) atoms. The zero-order valence-corrected chi connectivity index (χ0v) is 22.6. The first-order valence-corrected chi connectivity index (χ1v) is 12.7. The molecule has 0 saturated heterocycles. The summed E-state index contributed by atoms with van der Waals surface area (Å²) >= 11 is 0. The summed E-state index contributed by atoms with van der Waals surface area (Å²) in [7, 11) is 0. The Morgan fingerprint density at radius 3 is 2.08 bits per heavy atom. The lowest BCUT2D eigenvalue weighted by atomic mass is 9.96. The van der Waals surface area contributed by atoms with E-state index in [4.69, 9.17) is 23.7 Å². The summed E-state index contributed by atoms with van der Waals surface area (Å²) in [6, 6.07) is 11.8. The molecule has 212 valence electrons. The summed E-state index contributed by atoms with van der Waals surface area (Å²) in [5.41, 5.74) is -1.61. The van der Waals surface area contributed by atoms with Crippen LogP contribution in [0.3, 0.4) is 0 Å². The third-order valence-corrected chi connectivity index (χ3v) is 5.41. The van der Waals surface area contributed by atoms with Crippen molar-refractivity contribution >= 4 is 24.0 Å². The van der Waals surface area contributed by atoms with Crippen LogP contribution >= 0.6 is 0 Å². The Morgan fingerprint density at radius 1 is 0.923 bits per heavy atom. The van der Waals surface area contributed by atoms with Gasteiger partial charge in [0, 0.05) is 6.61 Å². The molecular weight excluding hydrogens is 511 g/mol. The lowest BCUT2D eigenvalue weighted by molar-refractivity contribution is -0.208. The molecule has 2 aromatic rings. The van der Waals surface area contributed by atoms with Gasteiger partial charge in [0.05, 0.1) is 19.8 Å². The van der Waals surface area contributed by atoms with E-state index in [0.717, 1.165) is 5.56 Å². The lowest BCUT2D eigenvalue weighted by Gasteiger charge is -2.30. The van der Waals surface area contributed by atoms with E-state index in [1.807, 2.05) is 24.3 Å². The van der Waals surface area contributed by atoms with Crippen LogP contribution in [0.2, 0.25) is 0 Å². The number of carbonyl (C=O) groups excluding carboxylic acids is 3. The molecule has 1 atom stereocenters. The van der Waals surface area contributed by atoms with Crippen LogP contribution in [-0.2, 0) is 33.3 Å². The number of hydrogen-bond donors (Lipinski definition) is 1. The Bertz CT molecular complexity index is 1110. The molecule has 0 fully saturated rings. The van der Waals surface area contributed by atoms with Crippen molar-refractivity contribution in [3.63, 3.8) is 0 Å². The average Bonchev–Trinajstić information content (AvgIpc) is 2.91. The molecule has 1 N–H and O–H groups in total. The first-order chi connectivity index (χ1) is 18.7. The summed E-state index contributed by atoms with van der Waals surface area (Å²) in [6.45, 7) is 5.77. The second-order valence-corrected chi connectivity index (χ2v) is 8.34. The zero-order valence-electron chi connectivity index (χ0n) is 22.6. The van der Waals surface area contributed by atoms with Crippen LogP contribution in [0.25, 0.3) is 6.08 Å². The largest absolute Gasteiger partial charge is 0.464 e. The van der Waals surface area contributed by atoms with Crippen LogP contribution in [0.5, 0.6) is 11.5 Å². The van der Waals surface area contributed by atoms with Gasteiger partial charge in [-0.25, -0.2) is 18.8 Å². The van der Waals surface area contributed by atoms with E-state index in [1.165, 1.54) is 26.8 Å². The van der Waals surface area contributed by atoms with Crippen molar-refractivity contribution in [1.82, 2.24) is 0 Å². The number of rotatable bonds is 15.